The number of rotatable bonds is 3. The molecule has 2 aliphatic carbocycles. The van der Waals surface area contributed by atoms with Crippen molar-refractivity contribution < 1.29 is 51.0 Å². The summed E-state index contributed by atoms with van der Waals surface area (Å²) in [5.41, 5.74) is -1.82. The number of carbonyl (C=O) groups is 4. The van der Waals surface area contributed by atoms with Crippen LogP contribution in [0.4, 0.5) is 27.6 Å². The Morgan fingerprint density at radius 3 is 2.17 bits per heavy atom. The second kappa shape index (κ2) is 9.14. The molecule has 1 saturated carbocycles. The van der Waals surface area contributed by atoms with Crippen LogP contribution >= 0.6 is 23.2 Å². The second-order valence-electron chi connectivity index (χ2n) is 10.5. The van der Waals surface area contributed by atoms with Crippen LogP contribution in [0, 0.1) is 46.8 Å². The van der Waals surface area contributed by atoms with Crippen LogP contribution in [0.3, 0.4) is 0 Å². The third-order valence-electron chi connectivity index (χ3n) is 8.61. The van der Waals surface area contributed by atoms with Crippen molar-refractivity contribution in [1.29, 1.82) is 0 Å². The maximum absolute atomic E-state index is 15.0. The number of carbonyl (C=O) groups excluding carboxylic acids is 4. The highest BCUT2D eigenvalue weighted by Gasteiger charge is 2.77. The highest BCUT2D eigenvalue weighted by atomic mass is 35.5. The molecule has 2 saturated heterocycles. The van der Waals surface area contributed by atoms with E-state index in [2.05, 4.69) is 5.32 Å². The van der Waals surface area contributed by atoms with Crippen LogP contribution in [-0.2, 0) is 19.2 Å². The number of anilines is 1. The Morgan fingerprint density at radius 2 is 1.55 bits per heavy atom. The number of methoxy groups -OCH3 is 1. The van der Waals surface area contributed by atoms with Crippen molar-refractivity contribution in [3.63, 3.8) is 0 Å². The smallest absolute Gasteiger partial charge is 0.258 e. The van der Waals surface area contributed by atoms with Gasteiger partial charge in [0, 0.05) is 11.5 Å². The van der Waals surface area contributed by atoms with Crippen LogP contribution in [0.2, 0.25) is 0 Å². The zero-order chi connectivity index (χ0) is 30.6. The first-order valence-corrected chi connectivity index (χ1v) is 13.2. The first-order chi connectivity index (χ1) is 19.7. The molecule has 0 radical (unpaired) electrons. The van der Waals surface area contributed by atoms with Gasteiger partial charge >= 0.3 is 0 Å². The van der Waals surface area contributed by atoms with E-state index in [-0.39, 0.29) is 28.2 Å². The minimum atomic E-state index is -2.73. The minimum absolute atomic E-state index is 0.0128. The lowest BCUT2D eigenvalue weighted by Crippen LogP contribution is -2.60. The van der Waals surface area contributed by atoms with Crippen molar-refractivity contribution in [2.24, 2.45) is 17.8 Å². The van der Waals surface area contributed by atoms with Crippen LogP contribution in [0.25, 0.3) is 0 Å². The lowest BCUT2D eigenvalue weighted by atomic mass is 9.56. The van der Waals surface area contributed by atoms with Crippen molar-refractivity contribution in [3.05, 3.63) is 64.5 Å². The summed E-state index contributed by atoms with van der Waals surface area (Å²) in [5.74, 6) is -21.9. The van der Waals surface area contributed by atoms with Gasteiger partial charge in [-0.1, -0.05) is 11.6 Å². The maximum Gasteiger partial charge on any atom is 0.258 e. The molecule has 2 N–H and O–H groups in total. The van der Waals surface area contributed by atoms with Crippen LogP contribution in [0.1, 0.15) is 24.3 Å². The van der Waals surface area contributed by atoms with Crippen molar-refractivity contribution >= 4 is 52.5 Å². The van der Waals surface area contributed by atoms with Gasteiger partial charge in [-0.2, -0.15) is 0 Å². The van der Waals surface area contributed by atoms with Crippen LogP contribution < -0.4 is 15.0 Å². The van der Waals surface area contributed by atoms with E-state index in [0.717, 1.165) is 0 Å². The van der Waals surface area contributed by atoms with E-state index in [1.54, 1.807) is 0 Å². The number of nitrogens with zero attached hydrogens (tertiary/aromatic N) is 1. The van der Waals surface area contributed by atoms with Crippen molar-refractivity contribution in [1.82, 2.24) is 5.32 Å². The summed E-state index contributed by atoms with van der Waals surface area (Å²) in [4.78, 5) is 47.7. The largest absolute Gasteiger partial charge is 0.508 e. The SMILES string of the molecule is COc1ccc(O)c([C@H]2C3=CC[C@@H]4C(=O)NC(=O)[C@@H]4[C@@H]3C[C@@]3(Cl)C(=O)N(c4c(F)c(F)c(F)c(F)c4F)C(=O)[C@@]23Cl)c1. The zero-order valence-electron chi connectivity index (χ0n) is 21.1. The summed E-state index contributed by atoms with van der Waals surface area (Å²) in [5, 5.41) is 13.1. The third kappa shape index (κ3) is 3.34. The number of aromatic hydroxyl groups is 1. The third-order valence-corrected chi connectivity index (χ3v) is 10.0. The molecule has 0 aromatic heterocycles. The number of hydrogen-bond donors (Lipinski definition) is 2. The number of fused-ring (bicyclic) bond motifs is 4. The molecule has 4 aliphatic rings. The average molecular weight is 631 g/mol. The molecular weight excluding hydrogens is 614 g/mol. The second-order valence-corrected chi connectivity index (χ2v) is 11.7. The molecule has 4 amide bonds. The van der Waals surface area contributed by atoms with Gasteiger partial charge in [-0.15, -0.1) is 23.2 Å². The van der Waals surface area contributed by atoms with Gasteiger partial charge in [0.15, 0.2) is 33.0 Å². The van der Waals surface area contributed by atoms with Crippen molar-refractivity contribution in [2.45, 2.75) is 28.5 Å². The molecule has 0 spiro atoms. The molecule has 2 aromatic rings. The Labute approximate surface area is 243 Å². The van der Waals surface area contributed by atoms with Crippen molar-refractivity contribution in [3.8, 4) is 11.5 Å². The number of halogens is 7. The molecule has 15 heteroatoms. The normalized spacial score (nSPS) is 31.9. The molecule has 42 heavy (non-hydrogen) atoms. The number of phenolic OH excluding ortho intramolecular Hbond substituents is 1. The Morgan fingerprint density at radius 1 is 0.929 bits per heavy atom. The van der Waals surface area contributed by atoms with Gasteiger partial charge in [0.1, 0.15) is 17.2 Å². The van der Waals surface area contributed by atoms with Crippen LogP contribution in [0.15, 0.2) is 29.8 Å². The number of allylic oxidation sites excluding steroid dienone is 2. The molecular formula is C27H17Cl2F5N2O6. The molecule has 220 valence electrons. The number of ether oxygens (including phenoxy) is 1. The van der Waals surface area contributed by atoms with Gasteiger partial charge in [-0.25, -0.2) is 26.9 Å². The van der Waals surface area contributed by atoms with E-state index in [0.29, 0.717) is 0 Å². The fourth-order valence-electron chi connectivity index (χ4n) is 6.71. The lowest BCUT2D eigenvalue weighted by Gasteiger charge is -2.50. The van der Waals surface area contributed by atoms with Gasteiger partial charge in [-0.3, -0.25) is 24.5 Å². The Balaban J connectivity index is 1.64. The fourth-order valence-corrected chi connectivity index (χ4v) is 7.64. The summed E-state index contributed by atoms with van der Waals surface area (Å²) >= 11 is 13.9. The fraction of sp³-hybridized carbons (Fsp3) is 0.333. The van der Waals surface area contributed by atoms with Gasteiger partial charge in [-0.05, 0) is 37.0 Å². The maximum atomic E-state index is 15.0. The average Bonchev–Trinajstić information content (AvgIpc) is 3.33. The number of amides is 4. The van der Waals surface area contributed by atoms with E-state index in [9.17, 15) is 46.2 Å². The number of phenols is 1. The van der Waals surface area contributed by atoms with Crippen molar-refractivity contribution in [2.75, 3.05) is 12.0 Å². The Hall–Kier alpha value is -3.71. The Kier molecular flexibility index (Phi) is 6.18. The standard InChI is InChI=1S/C27H17Cl2F5N2O6/c1-42-8-2-5-13(37)11(6-8)15-9-3-4-10-14(23(39)35-22(10)38)12(9)7-26(28)24(40)36(25(41)27(15,26)29)21-19(33)17(31)16(30)18(32)20(21)34/h2-3,5-6,10,12,14-15,37H,4,7H2,1H3,(H,35,38,39)/t10-,12+,14-,15+,26+,27-/m0/s1. The summed E-state index contributed by atoms with van der Waals surface area (Å²) in [6, 6.07) is 3.79. The minimum Gasteiger partial charge on any atom is -0.508 e. The van der Waals surface area contributed by atoms with E-state index < -0.39 is 104 Å². The van der Waals surface area contributed by atoms with Gasteiger partial charge in [0.2, 0.25) is 17.6 Å². The molecule has 6 rings (SSSR count). The quantitative estimate of drug-likeness (QED) is 0.133. The molecule has 8 nitrogen and oxygen atoms in total. The summed E-state index contributed by atoms with van der Waals surface area (Å²) < 4.78 is 77.4. The predicted molar refractivity (Wildman–Crippen MR) is 134 cm³/mol. The zero-order valence-corrected chi connectivity index (χ0v) is 22.6. The molecule has 2 aliphatic heterocycles. The van der Waals surface area contributed by atoms with Crippen LogP contribution in [0.5, 0.6) is 11.5 Å². The Bertz CT molecular complexity index is 1660. The van der Waals surface area contributed by atoms with E-state index in [1.807, 2.05) is 0 Å². The number of nitrogens with one attached hydrogen (secondary N) is 1. The van der Waals surface area contributed by atoms with Crippen LogP contribution in [-0.4, -0.2) is 45.6 Å². The highest BCUT2D eigenvalue weighted by Crippen LogP contribution is 2.66. The molecule has 0 unspecified atom stereocenters. The number of benzene rings is 2. The molecule has 3 fully saturated rings. The lowest BCUT2D eigenvalue weighted by molar-refractivity contribution is -0.127. The van der Waals surface area contributed by atoms with Gasteiger partial charge < -0.3 is 9.84 Å². The van der Waals surface area contributed by atoms with E-state index >= 15 is 0 Å². The summed E-state index contributed by atoms with van der Waals surface area (Å²) in [6.07, 6.45) is 0.859. The molecule has 2 heterocycles. The molecule has 0 bridgehead atoms. The molecule has 6 atom stereocenters. The topological polar surface area (TPSA) is 113 Å². The number of hydrogen-bond acceptors (Lipinski definition) is 6. The number of alkyl halides is 2. The summed E-state index contributed by atoms with van der Waals surface area (Å²) in [6.45, 7) is 0. The summed E-state index contributed by atoms with van der Waals surface area (Å²) in [7, 11) is 1.29. The predicted octanol–water partition coefficient (Wildman–Crippen LogP) is 3.95. The van der Waals surface area contributed by atoms with E-state index in [4.69, 9.17) is 27.9 Å². The number of imide groups is 2. The first-order valence-electron chi connectivity index (χ1n) is 12.4. The first kappa shape index (κ1) is 28.4. The van der Waals surface area contributed by atoms with E-state index in [1.165, 1.54) is 31.4 Å². The van der Waals surface area contributed by atoms with Gasteiger partial charge in [0.25, 0.3) is 11.8 Å². The molecule has 2 aromatic carbocycles. The van der Waals surface area contributed by atoms with Gasteiger partial charge in [0.05, 0.1) is 18.9 Å². The highest BCUT2D eigenvalue weighted by molar-refractivity contribution is 6.58. The monoisotopic (exact) mass is 630 g/mol.